The van der Waals surface area contributed by atoms with E-state index in [0.29, 0.717) is 22.9 Å². The zero-order valence-corrected chi connectivity index (χ0v) is 13.6. The Morgan fingerprint density at radius 1 is 1.41 bits per heavy atom. The quantitative estimate of drug-likeness (QED) is 0.796. The van der Waals surface area contributed by atoms with Crippen LogP contribution in [0.15, 0.2) is 40.8 Å². The first kappa shape index (κ1) is 16.0. The van der Waals surface area contributed by atoms with E-state index >= 15 is 0 Å². The van der Waals surface area contributed by atoms with E-state index in [1.807, 2.05) is 43.7 Å². The molecule has 1 aromatic heterocycles. The van der Waals surface area contributed by atoms with Crippen molar-refractivity contribution in [1.29, 1.82) is 0 Å². The predicted molar refractivity (Wildman–Crippen MR) is 87.1 cm³/mol. The van der Waals surface area contributed by atoms with Crippen LogP contribution in [0.5, 0.6) is 11.5 Å². The van der Waals surface area contributed by atoms with Gasteiger partial charge in [-0.25, -0.2) is 0 Å². The number of nitrogens with zero attached hydrogens (tertiary/aromatic N) is 2. The van der Waals surface area contributed by atoms with E-state index in [4.69, 9.17) is 9.47 Å². The van der Waals surface area contributed by atoms with Crippen molar-refractivity contribution in [2.45, 2.75) is 6.92 Å². The number of methoxy groups -OCH3 is 1. The number of aryl methyl sites for hydroxylation is 1. The van der Waals surface area contributed by atoms with Crippen molar-refractivity contribution < 1.29 is 14.3 Å². The van der Waals surface area contributed by atoms with Crippen molar-refractivity contribution in [2.24, 2.45) is 12.0 Å². The van der Waals surface area contributed by atoms with Crippen molar-refractivity contribution in [3.05, 3.63) is 46.2 Å². The second-order valence-electron chi connectivity index (χ2n) is 4.42. The summed E-state index contributed by atoms with van der Waals surface area (Å²) in [6, 6.07) is 5.50. The molecule has 0 spiro atoms. The molecule has 0 aliphatic rings. The molecule has 5 nitrogen and oxygen atoms in total. The molecule has 6 heteroatoms. The molecule has 116 valence electrons. The van der Waals surface area contributed by atoms with Crippen molar-refractivity contribution in [3.63, 3.8) is 0 Å². The summed E-state index contributed by atoms with van der Waals surface area (Å²) >= 11 is 1.42. The molecule has 0 saturated carbocycles. The highest BCUT2D eigenvalue weighted by Gasteiger charge is 2.04. The van der Waals surface area contributed by atoms with Crippen LogP contribution < -0.4 is 14.3 Å². The number of ether oxygens (including phenoxy) is 2. The maximum atomic E-state index is 11.9. The average Bonchev–Trinajstić information content (AvgIpc) is 2.91. The summed E-state index contributed by atoms with van der Waals surface area (Å²) in [6.07, 6.45) is 5.01. The normalized spacial score (nSPS) is 11.9. The lowest BCUT2D eigenvalue weighted by Gasteiger charge is -2.09. The van der Waals surface area contributed by atoms with Gasteiger partial charge < -0.3 is 14.0 Å². The Hall–Kier alpha value is -2.34. The van der Waals surface area contributed by atoms with Crippen LogP contribution in [0.4, 0.5) is 0 Å². The van der Waals surface area contributed by atoms with Gasteiger partial charge in [0.15, 0.2) is 16.3 Å². The Morgan fingerprint density at radius 3 is 2.86 bits per heavy atom. The van der Waals surface area contributed by atoms with Crippen molar-refractivity contribution >= 4 is 23.3 Å². The SMILES string of the molecule is CCOc1cc(/C=C/C(=O)N=c2sccn2C)ccc1OC. The third-order valence-corrected chi connectivity index (χ3v) is 3.72. The fourth-order valence-corrected chi connectivity index (χ4v) is 2.53. The topological polar surface area (TPSA) is 52.8 Å². The molecule has 0 radical (unpaired) electrons. The van der Waals surface area contributed by atoms with Gasteiger partial charge in [0.1, 0.15) is 0 Å². The summed E-state index contributed by atoms with van der Waals surface area (Å²) in [5, 5.41) is 1.88. The number of carbonyl (C=O) groups excluding carboxylic acids is 1. The third kappa shape index (κ3) is 4.08. The fourth-order valence-electron chi connectivity index (χ4n) is 1.80. The summed E-state index contributed by atoms with van der Waals surface area (Å²) in [6.45, 7) is 2.46. The second kappa shape index (κ2) is 7.61. The number of rotatable bonds is 5. The fraction of sp³-hybridized carbons (Fsp3) is 0.250. The van der Waals surface area contributed by atoms with E-state index in [2.05, 4.69) is 4.99 Å². The first-order valence-electron chi connectivity index (χ1n) is 6.81. The molecule has 0 saturated heterocycles. The van der Waals surface area contributed by atoms with Gasteiger partial charge in [0.25, 0.3) is 5.91 Å². The van der Waals surface area contributed by atoms with Gasteiger partial charge in [0, 0.05) is 24.7 Å². The molecule has 0 bridgehead atoms. The van der Waals surface area contributed by atoms with Gasteiger partial charge in [-0.3, -0.25) is 4.79 Å². The van der Waals surface area contributed by atoms with Crippen LogP contribution in [0, 0.1) is 0 Å². The predicted octanol–water partition coefficient (Wildman–Crippen LogP) is 2.63. The van der Waals surface area contributed by atoms with Crippen LogP contribution >= 0.6 is 11.3 Å². The van der Waals surface area contributed by atoms with Gasteiger partial charge in [-0.2, -0.15) is 4.99 Å². The Kier molecular flexibility index (Phi) is 5.55. The molecule has 2 rings (SSSR count). The number of amides is 1. The van der Waals surface area contributed by atoms with E-state index in [0.717, 1.165) is 5.56 Å². The molecular formula is C16H18N2O3S. The number of hydrogen-bond donors (Lipinski definition) is 0. The van der Waals surface area contributed by atoms with Crippen molar-refractivity contribution in [1.82, 2.24) is 4.57 Å². The lowest BCUT2D eigenvalue weighted by molar-refractivity contribution is -0.113. The molecule has 1 heterocycles. The number of benzene rings is 1. The number of aromatic nitrogens is 1. The molecule has 1 aromatic carbocycles. The third-order valence-electron chi connectivity index (χ3n) is 2.87. The zero-order valence-electron chi connectivity index (χ0n) is 12.8. The van der Waals surface area contributed by atoms with E-state index in [-0.39, 0.29) is 5.91 Å². The summed E-state index contributed by atoms with van der Waals surface area (Å²) in [5.74, 6) is 1.02. The van der Waals surface area contributed by atoms with Crippen LogP contribution in [0.3, 0.4) is 0 Å². The lowest BCUT2D eigenvalue weighted by atomic mass is 10.2. The van der Waals surface area contributed by atoms with Gasteiger partial charge in [-0.15, -0.1) is 11.3 Å². The molecule has 0 fully saturated rings. The molecular weight excluding hydrogens is 300 g/mol. The minimum Gasteiger partial charge on any atom is -0.493 e. The van der Waals surface area contributed by atoms with Gasteiger partial charge in [-0.1, -0.05) is 6.07 Å². The molecule has 0 N–H and O–H groups in total. The molecule has 22 heavy (non-hydrogen) atoms. The lowest BCUT2D eigenvalue weighted by Crippen LogP contribution is -2.11. The van der Waals surface area contributed by atoms with Crippen molar-refractivity contribution in [2.75, 3.05) is 13.7 Å². The van der Waals surface area contributed by atoms with Crippen LogP contribution in [-0.4, -0.2) is 24.2 Å². The Balaban J connectivity index is 2.18. The van der Waals surface area contributed by atoms with E-state index < -0.39 is 0 Å². The van der Waals surface area contributed by atoms with Crippen LogP contribution in [-0.2, 0) is 11.8 Å². The van der Waals surface area contributed by atoms with Gasteiger partial charge in [0.2, 0.25) is 0 Å². The summed E-state index contributed by atoms with van der Waals surface area (Å²) in [7, 11) is 3.45. The maximum Gasteiger partial charge on any atom is 0.272 e. The number of carbonyl (C=O) groups is 1. The van der Waals surface area contributed by atoms with E-state index in [9.17, 15) is 4.79 Å². The zero-order chi connectivity index (χ0) is 15.9. The monoisotopic (exact) mass is 318 g/mol. The molecule has 0 unspecified atom stereocenters. The second-order valence-corrected chi connectivity index (χ2v) is 5.30. The minimum absolute atomic E-state index is 0.299. The number of hydrogen-bond acceptors (Lipinski definition) is 4. The minimum atomic E-state index is -0.299. The Morgan fingerprint density at radius 2 is 2.23 bits per heavy atom. The van der Waals surface area contributed by atoms with Crippen LogP contribution in [0.25, 0.3) is 6.08 Å². The highest BCUT2D eigenvalue weighted by Crippen LogP contribution is 2.28. The standard InChI is InChI=1S/C16H18N2O3S/c1-4-21-14-11-12(5-7-13(14)20-3)6-8-15(19)17-16-18(2)9-10-22-16/h5-11H,4H2,1-3H3/b8-6+,17-16?. The summed E-state index contributed by atoms with van der Waals surface area (Å²) < 4.78 is 12.5. The van der Waals surface area contributed by atoms with Crippen LogP contribution in [0.2, 0.25) is 0 Å². The first-order valence-corrected chi connectivity index (χ1v) is 7.69. The Labute approximate surface area is 133 Å². The molecule has 0 atom stereocenters. The van der Waals surface area contributed by atoms with Gasteiger partial charge in [-0.05, 0) is 30.7 Å². The highest BCUT2D eigenvalue weighted by atomic mass is 32.1. The largest absolute Gasteiger partial charge is 0.493 e. The smallest absolute Gasteiger partial charge is 0.272 e. The first-order chi connectivity index (χ1) is 10.6. The van der Waals surface area contributed by atoms with E-state index in [1.54, 1.807) is 17.8 Å². The van der Waals surface area contributed by atoms with E-state index in [1.165, 1.54) is 17.4 Å². The Bertz CT molecular complexity index is 744. The molecule has 2 aromatic rings. The van der Waals surface area contributed by atoms with Gasteiger partial charge in [0.05, 0.1) is 13.7 Å². The van der Waals surface area contributed by atoms with Gasteiger partial charge >= 0.3 is 0 Å². The maximum absolute atomic E-state index is 11.9. The highest BCUT2D eigenvalue weighted by molar-refractivity contribution is 7.07. The summed E-state index contributed by atoms with van der Waals surface area (Å²) in [4.78, 5) is 16.5. The average molecular weight is 318 g/mol. The molecule has 1 amide bonds. The summed E-state index contributed by atoms with van der Waals surface area (Å²) in [5.41, 5.74) is 0.850. The van der Waals surface area contributed by atoms with Crippen LogP contribution in [0.1, 0.15) is 12.5 Å². The van der Waals surface area contributed by atoms with Crippen molar-refractivity contribution in [3.8, 4) is 11.5 Å². The number of thiazole rings is 1. The molecule has 0 aliphatic heterocycles. The molecule has 0 aliphatic carbocycles.